The van der Waals surface area contributed by atoms with Crippen molar-refractivity contribution in [3.05, 3.63) is 17.0 Å². The van der Waals surface area contributed by atoms with E-state index in [0.717, 1.165) is 43.4 Å². The van der Waals surface area contributed by atoms with Gasteiger partial charge in [0, 0.05) is 18.5 Å². The molecule has 1 heterocycles. The highest BCUT2D eigenvalue weighted by Crippen LogP contribution is 2.28. The van der Waals surface area contributed by atoms with Crippen LogP contribution in [-0.4, -0.2) is 17.6 Å². The first kappa shape index (κ1) is 16.7. The molecule has 0 bridgehead atoms. The lowest BCUT2D eigenvalue weighted by molar-refractivity contribution is 0.0917. The molecule has 0 aliphatic heterocycles. The maximum absolute atomic E-state index is 12.2. The Kier molecular flexibility index (Phi) is 6.24. The molecule has 1 amide bonds. The molecule has 1 aromatic heterocycles. The Hall–Kier alpha value is -1.32. The Bertz CT molecular complexity index is 432. The maximum atomic E-state index is 12.2. The Morgan fingerprint density at radius 2 is 1.85 bits per heavy atom. The number of amides is 1. The minimum atomic E-state index is -0.121. The fourth-order valence-electron chi connectivity index (χ4n) is 2.80. The first-order chi connectivity index (χ1) is 9.47. The van der Waals surface area contributed by atoms with Gasteiger partial charge in [-0.15, -0.1) is 0 Å². The van der Waals surface area contributed by atoms with Gasteiger partial charge < -0.3 is 9.84 Å². The molecule has 114 valence electrons. The summed E-state index contributed by atoms with van der Waals surface area (Å²) < 4.78 is 5.18. The predicted octanol–water partition coefficient (Wildman–Crippen LogP) is 3.88. The molecule has 0 aliphatic rings. The van der Waals surface area contributed by atoms with Crippen LogP contribution in [0.4, 0.5) is 0 Å². The number of carbonyl (C=O) groups excluding carboxylic acids is 1. The molecular weight excluding hydrogens is 252 g/mol. The number of carbonyl (C=O) groups is 1. The number of nitrogens with one attached hydrogen (secondary N) is 1. The average molecular weight is 280 g/mol. The third-order valence-electron chi connectivity index (χ3n) is 3.94. The Balaban J connectivity index is 2.67. The summed E-state index contributed by atoms with van der Waals surface area (Å²) in [6, 6.07) is 0. The second-order valence-electron chi connectivity index (χ2n) is 5.93. The zero-order chi connectivity index (χ0) is 15.2. The molecule has 0 radical (unpaired) electrons. The second kappa shape index (κ2) is 7.46. The summed E-state index contributed by atoms with van der Waals surface area (Å²) in [4.78, 5) is 12.2. The molecule has 0 aliphatic carbocycles. The van der Waals surface area contributed by atoms with E-state index in [1.165, 1.54) is 0 Å². The molecule has 4 nitrogen and oxygen atoms in total. The van der Waals surface area contributed by atoms with Gasteiger partial charge >= 0.3 is 0 Å². The standard InChI is InChI=1S/C16H28N2O2/c1-6-9-16(5,10-7-2)11-17-15(19)14-12(4)13(8-3)20-18-14/h6-11H2,1-5H3,(H,17,19). The van der Waals surface area contributed by atoms with Crippen molar-refractivity contribution < 1.29 is 9.32 Å². The number of aryl methyl sites for hydroxylation is 1. The fourth-order valence-corrected chi connectivity index (χ4v) is 2.80. The van der Waals surface area contributed by atoms with Crippen LogP contribution in [-0.2, 0) is 6.42 Å². The van der Waals surface area contributed by atoms with Crippen LogP contribution in [0.3, 0.4) is 0 Å². The molecule has 0 unspecified atom stereocenters. The van der Waals surface area contributed by atoms with Gasteiger partial charge in [-0.05, 0) is 25.2 Å². The van der Waals surface area contributed by atoms with E-state index in [-0.39, 0.29) is 11.3 Å². The maximum Gasteiger partial charge on any atom is 0.273 e. The third kappa shape index (κ3) is 4.09. The molecule has 0 spiro atoms. The molecule has 0 saturated carbocycles. The van der Waals surface area contributed by atoms with E-state index in [1.54, 1.807) is 0 Å². The first-order valence-corrected chi connectivity index (χ1v) is 7.70. The van der Waals surface area contributed by atoms with E-state index in [9.17, 15) is 4.79 Å². The van der Waals surface area contributed by atoms with Gasteiger partial charge in [0.1, 0.15) is 5.76 Å². The van der Waals surface area contributed by atoms with Crippen molar-refractivity contribution in [3.8, 4) is 0 Å². The Morgan fingerprint density at radius 3 is 2.30 bits per heavy atom. The average Bonchev–Trinajstić information content (AvgIpc) is 2.78. The largest absolute Gasteiger partial charge is 0.360 e. The first-order valence-electron chi connectivity index (χ1n) is 7.70. The van der Waals surface area contributed by atoms with Crippen molar-refractivity contribution in [1.82, 2.24) is 10.5 Å². The van der Waals surface area contributed by atoms with Gasteiger partial charge in [-0.1, -0.05) is 45.7 Å². The van der Waals surface area contributed by atoms with Crippen LogP contribution in [0, 0.1) is 12.3 Å². The molecule has 20 heavy (non-hydrogen) atoms. The van der Waals surface area contributed by atoms with Gasteiger partial charge in [0.15, 0.2) is 5.69 Å². The Morgan fingerprint density at radius 1 is 1.25 bits per heavy atom. The van der Waals surface area contributed by atoms with Crippen molar-refractivity contribution in [1.29, 1.82) is 0 Å². The lowest BCUT2D eigenvalue weighted by Crippen LogP contribution is -2.36. The number of hydrogen-bond acceptors (Lipinski definition) is 3. The van der Waals surface area contributed by atoms with E-state index in [2.05, 4.69) is 31.2 Å². The Labute approximate surface area is 122 Å². The van der Waals surface area contributed by atoms with Crippen LogP contribution in [0.5, 0.6) is 0 Å². The van der Waals surface area contributed by atoms with Crippen molar-refractivity contribution in [2.45, 2.75) is 66.7 Å². The molecular formula is C16H28N2O2. The molecule has 1 N–H and O–H groups in total. The van der Waals surface area contributed by atoms with Gasteiger partial charge in [-0.25, -0.2) is 0 Å². The van der Waals surface area contributed by atoms with Crippen LogP contribution < -0.4 is 5.32 Å². The molecule has 0 saturated heterocycles. The number of aromatic nitrogens is 1. The van der Waals surface area contributed by atoms with Gasteiger partial charge in [0.25, 0.3) is 5.91 Å². The van der Waals surface area contributed by atoms with E-state index in [4.69, 9.17) is 4.52 Å². The summed E-state index contributed by atoms with van der Waals surface area (Å²) in [6.45, 7) is 11.2. The normalized spacial score (nSPS) is 11.7. The van der Waals surface area contributed by atoms with Gasteiger partial charge in [0.05, 0.1) is 0 Å². The monoisotopic (exact) mass is 280 g/mol. The zero-order valence-electron chi connectivity index (χ0n) is 13.5. The molecule has 4 heteroatoms. The highest BCUT2D eigenvalue weighted by molar-refractivity contribution is 5.93. The van der Waals surface area contributed by atoms with E-state index < -0.39 is 0 Å². The highest BCUT2D eigenvalue weighted by Gasteiger charge is 2.25. The fraction of sp³-hybridized carbons (Fsp3) is 0.750. The third-order valence-corrected chi connectivity index (χ3v) is 3.94. The van der Waals surface area contributed by atoms with Crippen molar-refractivity contribution in [3.63, 3.8) is 0 Å². The highest BCUT2D eigenvalue weighted by atomic mass is 16.5. The van der Waals surface area contributed by atoms with Crippen LogP contribution in [0.1, 0.15) is 75.2 Å². The lowest BCUT2D eigenvalue weighted by Gasteiger charge is -2.29. The summed E-state index contributed by atoms with van der Waals surface area (Å²) in [6.07, 6.45) is 5.28. The van der Waals surface area contributed by atoms with Crippen molar-refractivity contribution in [2.24, 2.45) is 5.41 Å². The SMILES string of the molecule is CCCC(C)(CCC)CNC(=O)c1noc(CC)c1C. The quantitative estimate of drug-likeness (QED) is 0.786. The summed E-state index contributed by atoms with van der Waals surface area (Å²) >= 11 is 0. The topological polar surface area (TPSA) is 55.1 Å². The minimum Gasteiger partial charge on any atom is -0.360 e. The zero-order valence-corrected chi connectivity index (χ0v) is 13.5. The van der Waals surface area contributed by atoms with Crippen molar-refractivity contribution >= 4 is 5.91 Å². The van der Waals surface area contributed by atoms with Gasteiger partial charge in [-0.3, -0.25) is 4.79 Å². The summed E-state index contributed by atoms with van der Waals surface area (Å²) in [5.74, 6) is 0.671. The van der Waals surface area contributed by atoms with Crippen LogP contribution >= 0.6 is 0 Å². The van der Waals surface area contributed by atoms with E-state index >= 15 is 0 Å². The smallest absolute Gasteiger partial charge is 0.273 e. The lowest BCUT2D eigenvalue weighted by atomic mass is 9.81. The molecule has 0 atom stereocenters. The predicted molar refractivity (Wildman–Crippen MR) is 80.9 cm³/mol. The molecule has 0 fully saturated rings. The molecule has 1 aromatic rings. The number of hydrogen-bond donors (Lipinski definition) is 1. The second-order valence-corrected chi connectivity index (χ2v) is 5.93. The molecule has 0 aromatic carbocycles. The van der Waals surface area contributed by atoms with E-state index in [1.807, 2.05) is 13.8 Å². The van der Waals surface area contributed by atoms with Gasteiger partial charge in [0.2, 0.25) is 0 Å². The van der Waals surface area contributed by atoms with Crippen LogP contribution in [0.2, 0.25) is 0 Å². The summed E-state index contributed by atoms with van der Waals surface area (Å²) in [5, 5.41) is 6.92. The van der Waals surface area contributed by atoms with Crippen molar-refractivity contribution in [2.75, 3.05) is 6.54 Å². The summed E-state index contributed by atoms with van der Waals surface area (Å²) in [7, 11) is 0. The van der Waals surface area contributed by atoms with Crippen LogP contribution in [0.25, 0.3) is 0 Å². The van der Waals surface area contributed by atoms with Crippen LogP contribution in [0.15, 0.2) is 4.52 Å². The van der Waals surface area contributed by atoms with E-state index in [0.29, 0.717) is 12.2 Å². The molecule has 1 rings (SSSR count). The number of nitrogens with zero attached hydrogens (tertiary/aromatic N) is 1. The minimum absolute atomic E-state index is 0.121. The number of rotatable bonds is 8. The van der Waals surface area contributed by atoms with Gasteiger partial charge in [-0.2, -0.15) is 0 Å². The summed E-state index contributed by atoms with van der Waals surface area (Å²) in [5.41, 5.74) is 1.46.